The number of hydrogen-bond acceptors (Lipinski definition) is 5. The van der Waals surface area contributed by atoms with Gasteiger partial charge >= 0.3 is 0 Å². The molecule has 156 valence electrons. The van der Waals surface area contributed by atoms with Gasteiger partial charge in [0, 0.05) is 29.9 Å². The fourth-order valence-corrected chi connectivity index (χ4v) is 3.64. The van der Waals surface area contributed by atoms with E-state index >= 15 is 0 Å². The molecule has 5 rings (SSSR count). The lowest BCUT2D eigenvalue weighted by molar-refractivity contribution is -0.133. The zero-order valence-corrected chi connectivity index (χ0v) is 16.7. The fourth-order valence-electron chi connectivity index (χ4n) is 3.64. The molecule has 0 radical (unpaired) electrons. The van der Waals surface area contributed by atoms with E-state index < -0.39 is 0 Å². The molecule has 3 aromatic carbocycles. The maximum absolute atomic E-state index is 12.6. The van der Waals surface area contributed by atoms with Gasteiger partial charge in [-0.1, -0.05) is 24.3 Å². The standard InChI is InChI=1S/C24H20N2O5/c27-23-14-29-20-9-7-19(25-24(28)17-4-2-1-3-5-17)11-18(20)13-26(23)12-16-6-8-21-22(10-16)31-15-30-21/h1-11H,12-15H2,(H,25,28). The van der Waals surface area contributed by atoms with Crippen molar-refractivity contribution < 1.29 is 23.8 Å². The summed E-state index contributed by atoms with van der Waals surface area (Å²) >= 11 is 0. The molecule has 0 spiro atoms. The molecule has 0 unspecified atom stereocenters. The number of anilines is 1. The molecule has 7 nitrogen and oxygen atoms in total. The van der Waals surface area contributed by atoms with Gasteiger partial charge in [-0.3, -0.25) is 9.59 Å². The van der Waals surface area contributed by atoms with Crippen LogP contribution in [0.4, 0.5) is 5.69 Å². The van der Waals surface area contributed by atoms with E-state index in [9.17, 15) is 9.59 Å². The summed E-state index contributed by atoms with van der Waals surface area (Å²) in [5, 5.41) is 2.90. The molecule has 0 aromatic heterocycles. The molecule has 2 amide bonds. The fraction of sp³-hybridized carbons (Fsp3) is 0.167. The number of carbonyl (C=O) groups is 2. The summed E-state index contributed by atoms with van der Waals surface area (Å²) in [7, 11) is 0. The van der Waals surface area contributed by atoms with E-state index in [1.54, 1.807) is 29.2 Å². The normalized spacial score (nSPS) is 14.5. The van der Waals surface area contributed by atoms with Gasteiger partial charge in [-0.15, -0.1) is 0 Å². The van der Waals surface area contributed by atoms with E-state index in [1.165, 1.54) is 0 Å². The average molecular weight is 416 g/mol. The second kappa shape index (κ2) is 8.02. The van der Waals surface area contributed by atoms with Crippen molar-refractivity contribution in [2.45, 2.75) is 13.1 Å². The Bertz CT molecular complexity index is 1150. The van der Waals surface area contributed by atoms with Crippen molar-refractivity contribution in [3.05, 3.63) is 83.4 Å². The van der Waals surface area contributed by atoms with Crippen molar-refractivity contribution >= 4 is 17.5 Å². The molecule has 7 heteroatoms. The lowest BCUT2D eigenvalue weighted by Crippen LogP contribution is -2.31. The minimum atomic E-state index is -0.191. The summed E-state index contributed by atoms with van der Waals surface area (Å²) in [6.45, 7) is 0.962. The van der Waals surface area contributed by atoms with E-state index in [4.69, 9.17) is 14.2 Å². The minimum Gasteiger partial charge on any atom is -0.483 e. The van der Waals surface area contributed by atoms with Gasteiger partial charge in [0.15, 0.2) is 18.1 Å². The van der Waals surface area contributed by atoms with Gasteiger partial charge in [0.25, 0.3) is 11.8 Å². The monoisotopic (exact) mass is 416 g/mol. The van der Waals surface area contributed by atoms with Crippen LogP contribution >= 0.6 is 0 Å². The Balaban J connectivity index is 1.34. The van der Waals surface area contributed by atoms with Crippen LogP contribution in [0.1, 0.15) is 21.5 Å². The Kier molecular flexibility index (Phi) is 4.92. The van der Waals surface area contributed by atoms with Crippen LogP contribution in [0, 0.1) is 0 Å². The molecule has 2 aliphatic rings. The largest absolute Gasteiger partial charge is 0.483 e. The number of carbonyl (C=O) groups excluding carboxylic acids is 2. The van der Waals surface area contributed by atoms with Crippen molar-refractivity contribution in [2.75, 3.05) is 18.7 Å². The number of nitrogens with zero attached hydrogens (tertiary/aromatic N) is 1. The SMILES string of the molecule is O=C(Nc1ccc2c(c1)CN(Cc1ccc3c(c1)OCO3)C(=O)CO2)c1ccccc1. The highest BCUT2D eigenvalue weighted by Crippen LogP contribution is 2.33. The van der Waals surface area contributed by atoms with Crippen LogP contribution in [0.2, 0.25) is 0 Å². The summed E-state index contributed by atoms with van der Waals surface area (Å²) in [5.74, 6) is 1.73. The predicted molar refractivity (Wildman–Crippen MR) is 113 cm³/mol. The zero-order valence-electron chi connectivity index (χ0n) is 16.7. The van der Waals surface area contributed by atoms with Crippen LogP contribution in [0.15, 0.2) is 66.7 Å². The van der Waals surface area contributed by atoms with Crippen LogP contribution < -0.4 is 19.5 Å². The minimum absolute atomic E-state index is 0.0345. The van der Waals surface area contributed by atoms with Gasteiger partial charge in [0.05, 0.1) is 0 Å². The van der Waals surface area contributed by atoms with E-state index in [0.717, 1.165) is 11.1 Å². The zero-order chi connectivity index (χ0) is 21.2. The molecule has 0 bridgehead atoms. The average Bonchev–Trinajstić information content (AvgIpc) is 3.20. The predicted octanol–water partition coefficient (Wildman–Crippen LogP) is 3.59. The lowest BCUT2D eigenvalue weighted by atomic mass is 10.1. The third-order valence-corrected chi connectivity index (χ3v) is 5.23. The molecular weight excluding hydrogens is 396 g/mol. The topological polar surface area (TPSA) is 77.1 Å². The molecule has 1 N–H and O–H groups in total. The van der Waals surface area contributed by atoms with Gasteiger partial charge in [-0.25, -0.2) is 0 Å². The van der Waals surface area contributed by atoms with Gasteiger partial charge in [-0.05, 0) is 48.0 Å². The number of amides is 2. The van der Waals surface area contributed by atoms with Gasteiger partial charge in [0.2, 0.25) is 6.79 Å². The highest BCUT2D eigenvalue weighted by atomic mass is 16.7. The van der Waals surface area contributed by atoms with Crippen molar-refractivity contribution in [3.8, 4) is 17.2 Å². The number of rotatable bonds is 4. The Hall–Kier alpha value is -4.00. The molecular formula is C24H20N2O5. The van der Waals surface area contributed by atoms with Crippen LogP contribution in [-0.2, 0) is 17.9 Å². The van der Waals surface area contributed by atoms with E-state index in [0.29, 0.717) is 41.6 Å². The molecule has 3 aromatic rings. The van der Waals surface area contributed by atoms with Crippen LogP contribution in [-0.4, -0.2) is 30.1 Å². The Morgan fingerprint density at radius 3 is 2.58 bits per heavy atom. The van der Waals surface area contributed by atoms with E-state index in [-0.39, 0.29) is 25.2 Å². The van der Waals surface area contributed by atoms with Gasteiger partial charge < -0.3 is 24.4 Å². The number of ether oxygens (including phenoxy) is 3. The second-order valence-corrected chi connectivity index (χ2v) is 7.37. The first-order valence-corrected chi connectivity index (χ1v) is 9.94. The summed E-state index contributed by atoms with van der Waals surface area (Å²) in [6.07, 6.45) is 0. The van der Waals surface area contributed by atoms with Gasteiger partial charge in [-0.2, -0.15) is 0 Å². The van der Waals surface area contributed by atoms with Crippen LogP contribution in [0.25, 0.3) is 0 Å². The quantitative estimate of drug-likeness (QED) is 0.703. The maximum atomic E-state index is 12.6. The summed E-state index contributed by atoms with van der Waals surface area (Å²) in [6, 6.07) is 20.1. The first-order chi connectivity index (χ1) is 15.2. The first-order valence-electron chi connectivity index (χ1n) is 9.94. The Labute approximate surface area is 179 Å². The van der Waals surface area contributed by atoms with E-state index in [2.05, 4.69) is 5.32 Å². The first kappa shape index (κ1) is 19.0. The molecule has 0 saturated heterocycles. The molecule has 0 atom stereocenters. The summed E-state index contributed by atoms with van der Waals surface area (Å²) in [4.78, 5) is 26.8. The highest BCUT2D eigenvalue weighted by Gasteiger charge is 2.23. The third kappa shape index (κ3) is 4.02. The number of fused-ring (bicyclic) bond motifs is 2. The van der Waals surface area contributed by atoms with Gasteiger partial charge in [0.1, 0.15) is 5.75 Å². The number of hydrogen-bond donors (Lipinski definition) is 1. The second-order valence-electron chi connectivity index (χ2n) is 7.37. The molecule has 0 saturated carbocycles. The van der Waals surface area contributed by atoms with E-state index in [1.807, 2.05) is 42.5 Å². The third-order valence-electron chi connectivity index (χ3n) is 5.23. The molecule has 31 heavy (non-hydrogen) atoms. The Morgan fingerprint density at radius 1 is 0.903 bits per heavy atom. The Morgan fingerprint density at radius 2 is 1.71 bits per heavy atom. The molecule has 0 fully saturated rings. The molecule has 2 heterocycles. The number of benzene rings is 3. The maximum Gasteiger partial charge on any atom is 0.261 e. The van der Waals surface area contributed by atoms with Crippen molar-refractivity contribution in [2.24, 2.45) is 0 Å². The molecule has 2 aliphatic heterocycles. The van der Waals surface area contributed by atoms with Crippen molar-refractivity contribution in [1.82, 2.24) is 4.90 Å². The van der Waals surface area contributed by atoms with Crippen LogP contribution in [0.5, 0.6) is 17.2 Å². The van der Waals surface area contributed by atoms with Crippen molar-refractivity contribution in [1.29, 1.82) is 0 Å². The van der Waals surface area contributed by atoms with Crippen molar-refractivity contribution in [3.63, 3.8) is 0 Å². The van der Waals surface area contributed by atoms with Crippen LogP contribution in [0.3, 0.4) is 0 Å². The highest BCUT2D eigenvalue weighted by molar-refractivity contribution is 6.04. The summed E-state index contributed by atoms with van der Waals surface area (Å²) < 4.78 is 16.5. The lowest BCUT2D eigenvalue weighted by Gasteiger charge is -2.20. The summed E-state index contributed by atoms with van der Waals surface area (Å²) in [5.41, 5.74) is 2.99. The number of nitrogens with one attached hydrogen (secondary N) is 1. The smallest absolute Gasteiger partial charge is 0.261 e. The molecule has 0 aliphatic carbocycles.